The lowest BCUT2D eigenvalue weighted by atomic mass is 10.0. The Labute approximate surface area is 248 Å². The van der Waals surface area contributed by atoms with Crippen molar-refractivity contribution < 1.29 is 31.8 Å². The van der Waals surface area contributed by atoms with Gasteiger partial charge in [0.2, 0.25) is 0 Å². The van der Waals surface area contributed by atoms with E-state index >= 15 is 0 Å². The van der Waals surface area contributed by atoms with Crippen LogP contribution in [0.5, 0.6) is 11.5 Å². The molecule has 0 heterocycles. The summed E-state index contributed by atoms with van der Waals surface area (Å²) in [6.45, 7) is 0. The summed E-state index contributed by atoms with van der Waals surface area (Å²) < 4.78 is 66.6. The average Bonchev–Trinajstić information content (AvgIpc) is 3.03. The minimum absolute atomic E-state index is 0.161. The van der Waals surface area contributed by atoms with Gasteiger partial charge in [-0.3, -0.25) is 4.79 Å². The van der Waals surface area contributed by atoms with Gasteiger partial charge in [-0.15, -0.1) is 0 Å². The van der Waals surface area contributed by atoms with Gasteiger partial charge < -0.3 is 9.47 Å². The van der Waals surface area contributed by atoms with Crippen molar-refractivity contribution in [1.82, 2.24) is 0 Å². The highest BCUT2D eigenvalue weighted by molar-refractivity contribution is 7.99. The molecule has 5 aromatic rings. The Morgan fingerprint density at radius 3 is 2.07 bits per heavy atom. The number of benzene rings is 5. The van der Waals surface area contributed by atoms with Gasteiger partial charge in [0, 0.05) is 20.2 Å². The van der Waals surface area contributed by atoms with E-state index in [1.807, 2.05) is 42.5 Å². The number of ketones is 1. The minimum Gasteiger partial charge on any atom is -0.497 e. The SMILES string of the molecule is COc1ccc(Sc2cc(F)c(F)c(F)c2F)c(-c2ccc(Sc3cccc(OC)c3C(=O)c3ccccc3)cc2)c1. The summed E-state index contributed by atoms with van der Waals surface area (Å²) in [7, 11) is 3.02. The number of hydrogen-bond acceptors (Lipinski definition) is 5. The molecule has 0 bridgehead atoms. The van der Waals surface area contributed by atoms with Gasteiger partial charge in [-0.1, -0.05) is 72.1 Å². The molecule has 0 fully saturated rings. The standard InChI is InChI=1S/C33H22F4O3S2/c1-39-21-13-16-26(42-28-18-24(34)30(35)32(37)31(28)36)23(17-21)19-11-14-22(15-12-19)41-27-10-6-9-25(40-2)29(27)33(38)20-7-4-3-5-8-20/h3-18H,1-2H3. The molecule has 5 rings (SSSR count). The second-order valence-electron chi connectivity index (χ2n) is 8.92. The number of carbonyl (C=O) groups is 1. The Morgan fingerprint density at radius 1 is 0.643 bits per heavy atom. The van der Waals surface area contributed by atoms with Crippen LogP contribution in [0.3, 0.4) is 0 Å². The van der Waals surface area contributed by atoms with E-state index < -0.39 is 28.2 Å². The summed E-state index contributed by atoms with van der Waals surface area (Å²) in [5, 5.41) is 0. The van der Waals surface area contributed by atoms with Crippen molar-refractivity contribution in [1.29, 1.82) is 0 Å². The summed E-state index contributed by atoms with van der Waals surface area (Å²) in [5.41, 5.74) is 2.32. The Morgan fingerprint density at radius 2 is 1.38 bits per heavy atom. The van der Waals surface area contributed by atoms with E-state index in [9.17, 15) is 22.4 Å². The molecule has 5 aromatic carbocycles. The lowest BCUT2D eigenvalue weighted by Gasteiger charge is -2.14. The summed E-state index contributed by atoms with van der Waals surface area (Å²) in [6, 6.07) is 27.4. The van der Waals surface area contributed by atoms with Crippen LogP contribution in [-0.2, 0) is 0 Å². The van der Waals surface area contributed by atoms with Crippen molar-refractivity contribution in [3.05, 3.63) is 131 Å². The highest BCUT2D eigenvalue weighted by atomic mass is 32.2. The van der Waals surface area contributed by atoms with E-state index in [0.717, 1.165) is 22.2 Å². The van der Waals surface area contributed by atoms with Crippen LogP contribution in [-0.4, -0.2) is 20.0 Å². The quantitative estimate of drug-likeness (QED) is 0.0723. The third-order valence-electron chi connectivity index (χ3n) is 6.34. The van der Waals surface area contributed by atoms with E-state index in [1.165, 1.54) is 26.0 Å². The van der Waals surface area contributed by atoms with E-state index in [2.05, 4.69) is 0 Å². The maximum absolute atomic E-state index is 14.5. The number of methoxy groups -OCH3 is 2. The van der Waals surface area contributed by atoms with Gasteiger partial charge >= 0.3 is 0 Å². The molecule has 0 saturated carbocycles. The normalized spacial score (nSPS) is 10.9. The zero-order chi connectivity index (χ0) is 29.8. The van der Waals surface area contributed by atoms with Crippen LogP contribution in [0.4, 0.5) is 17.6 Å². The van der Waals surface area contributed by atoms with Gasteiger partial charge in [-0.2, -0.15) is 0 Å². The topological polar surface area (TPSA) is 35.5 Å². The molecule has 0 radical (unpaired) electrons. The lowest BCUT2D eigenvalue weighted by Crippen LogP contribution is -2.05. The molecule has 212 valence electrons. The highest BCUT2D eigenvalue weighted by Crippen LogP contribution is 2.42. The first-order valence-corrected chi connectivity index (χ1v) is 14.2. The Bertz CT molecular complexity index is 1760. The molecule has 0 aromatic heterocycles. The molecule has 9 heteroatoms. The zero-order valence-corrected chi connectivity index (χ0v) is 23.9. The van der Waals surface area contributed by atoms with Gasteiger partial charge in [0.05, 0.1) is 24.7 Å². The fourth-order valence-electron chi connectivity index (χ4n) is 4.25. The second kappa shape index (κ2) is 12.8. The average molecular weight is 607 g/mol. The van der Waals surface area contributed by atoms with Gasteiger partial charge in [-0.25, -0.2) is 17.6 Å². The van der Waals surface area contributed by atoms with Crippen LogP contribution in [0.25, 0.3) is 11.1 Å². The van der Waals surface area contributed by atoms with Crippen LogP contribution in [0.1, 0.15) is 15.9 Å². The Hall–Kier alpha value is -4.21. The van der Waals surface area contributed by atoms with Crippen LogP contribution in [0, 0.1) is 23.3 Å². The fraction of sp³-hybridized carbons (Fsp3) is 0.0606. The molecule has 3 nitrogen and oxygen atoms in total. The van der Waals surface area contributed by atoms with Crippen molar-refractivity contribution in [2.45, 2.75) is 19.6 Å². The van der Waals surface area contributed by atoms with Crippen LogP contribution in [0.15, 0.2) is 117 Å². The molecular weight excluding hydrogens is 584 g/mol. The van der Waals surface area contributed by atoms with Crippen LogP contribution >= 0.6 is 23.5 Å². The van der Waals surface area contributed by atoms with Crippen LogP contribution < -0.4 is 9.47 Å². The van der Waals surface area contributed by atoms with Crippen molar-refractivity contribution in [2.75, 3.05) is 14.2 Å². The maximum atomic E-state index is 14.5. The second-order valence-corrected chi connectivity index (χ2v) is 11.1. The molecule has 0 saturated heterocycles. The molecule has 0 aliphatic rings. The molecule has 0 N–H and O–H groups in total. The number of hydrogen-bond donors (Lipinski definition) is 0. The number of carbonyl (C=O) groups excluding carboxylic acids is 1. The molecule has 0 aliphatic carbocycles. The fourth-order valence-corrected chi connectivity index (χ4v) is 6.22. The summed E-state index contributed by atoms with van der Waals surface area (Å²) >= 11 is 2.16. The van der Waals surface area contributed by atoms with E-state index in [4.69, 9.17) is 9.47 Å². The molecule has 0 unspecified atom stereocenters. The lowest BCUT2D eigenvalue weighted by molar-refractivity contribution is 0.103. The largest absolute Gasteiger partial charge is 0.497 e. The van der Waals surface area contributed by atoms with Gasteiger partial charge in [-0.05, 0) is 59.7 Å². The monoisotopic (exact) mass is 606 g/mol. The predicted molar refractivity (Wildman–Crippen MR) is 156 cm³/mol. The van der Waals surface area contributed by atoms with Crippen molar-refractivity contribution >= 4 is 29.3 Å². The van der Waals surface area contributed by atoms with Crippen molar-refractivity contribution in [2.24, 2.45) is 0 Å². The third kappa shape index (κ3) is 6.03. The first kappa shape index (κ1) is 29.3. The first-order chi connectivity index (χ1) is 20.3. The third-order valence-corrected chi connectivity index (χ3v) is 8.50. The molecule has 0 amide bonds. The van der Waals surface area contributed by atoms with E-state index in [-0.39, 0.29) is 5.78 Å². The molecule has 42 heavy (non-hydrogen) atoms. The van der Waals surface area contributed by atoms with Gasteiger partial charge in [0.15, 0.2) is 29.1 Å². The van der Waals surface area contributed by atoms with Gasteiger partial charge in [0.25, 0.3) is 0 Å². The maximum Gasteiger partial charge on any atom is 0.198 e. The number of halogens is 4. The Kier molecular flexibility index (Phi) is 8.89. The summed E-state index contributed by atoms with van der Waals surface area (Å²) in [6.07, 6.45) is 0. The summed E-state index contributed by atoms with van der Waals surface area (Å²) in [5.74, 6) is -5.84. The molecular formula is C33H22F4O3S2. The molecule has 0 atom stereocenters. The predicted octanol–water partition coefficient (Wildman–Crippen LogP) is 9.46. The zero-order valence-electron chi connectivity index (χ0n) is 22.3. The molecule has 0 aliphatic heterocycles. The van der Waals surface area contributed by atoms with Crippen molar-refractivity contribution in [3.8, 4) is 22.6 Å². The minimum atomic E-state index is -1.86. The highest BCUT2D eigenvalue weighted by Gasteiger charge is 2.22. The van der Waals surface area contributed by atoms with Gasteiger partial charge in [0.1, 0.15) is 11.5 Å². The number of rotatable bonds is 9. The first-order valence-electron chi connectivity index (χ1n) is 12.5. The smallest absolute Gasteiger partial charge is 0.198 e. The van der Waals surface area contributed by atoms with Crippen molar-refractivity contribution in [3.63, 3.8) is 0 Å². The van der Waals surface area contributed by atoms with E-state index in [1.54, 1.807) is 48.5 Å². The van der Waals surface area contributed by atoms with E-state index in [0.29, 0.717) is 44.0 Å². The summed E-state index contributed by atoms with van der Waals surface area (Å²) in [4.78, 5) is 15.0. The Balaban J connectivity index is 1.48. The van der Waals surface area contributed by atoms with Crippen LogP contribution in [0.2, 0.25) is 0 Å². The number of ether oxygens (including phenoxy) is 2. The molecule has 0 spiro atoms.